The highest BCUT2D eigenvalue weighted by atomic mass is 16.6. The topological polar surface area (TPSA) is 72.6 Å². The Labute approximate surface area is 114 Å². The second-order valence-electron chi connectivity index (χ2n) is 6.79. The number of ether oxygens (including phenoxy) is 1. The first-order chi connectivity index (χ1) is 8.74. The van der Waals surface area contributed by atoms with Crippen LogP contribution in [0.5, 0.6) is 0 Å². The van der Waals surface area contributed by atoms with Crippen LogP contribution < -0.4 is 5.73 Å². The molecule has 19 heavy (non-hydrogen) atoms. The monoisotopic (exact) mass is 268 g/mol. The minimum atomic E-state index is -0.419. The predicted octanol–water partition coefficient (Wildman–Crippen LogP) is 1.06. The van der Waals surface area contributed by atoms with Crippen molar-refractivity contribution in [1.29, 1.82) is 0 Å². The number of carbonyl (C=O) groups is 2. The standard InChI is InChI=1S/C14H24N2O3/c1-14(2,3)19-13(18)6-9-4-11(5-9)16-8-10(15)7-12(16)17/h9-11H,4-8,15H2,1-3H3. The van der Waals surface area contributed by atoms with Gasteiger partial charge in [0.25, 0.3) is 0 Å². The molecule has 0 aromatic rings. The van der Waals surface area contributed by atoms with E-state index in [4.69, 9.17) is 10.5 Å². The van der Waals surface area contributed by atoms with Crippen molar-refractivity contribution >= 4 is 11.9 Å². The van der Waals surface area contributed by atoms with Crippen molar-refractivity contribution in [2.45, 2.75) is 64.1 Å². The van der Waals surface area contributed by atoms with Gasteiger partial charge in [0.05, 0.1) is 0 Å². The average molecular weight is 268 g/mol. The van der Waals surface area contributed by atoms with Crippen molar-refractivity contribution in [3.05, 3.63) is 0 Å². The van der Waals surface area contributed by atoms with Crippen LogP contribution in [-0.2, 0) is 14.3 Å². The van der Waals surface area contributed by atoms with Gasteiger partial charge in [0.2, 0.25) is 5.91 Å². The molecule has 108 valence electrons. The van der Waals surface area contributed by atoms with Crippen molar-refractivity contribution in [1.82, 2.24) is 4.90 Å². The Balaban J connectivity index is 1.72. The summed E-state index contributed by atoms with van der Waals surface area (Å²) in [6, 6.07) is 0.269. The maximum absolute atomic E-state index is 11.7. The molecule has 1 saturated heterocycles. The fourth-order valence-corrected chi connectivity index (χ4v) is 2.85. The number of esters is 1. The molecular formula is C14H24N2O3. The van der Waals surface area contributed by atoms with Crippen LogP contribution in [0.15, 0.2) is 0 Å². The van der Waals surface area contributed by atoms with E-state index in [9.17, 15) is 9.59 Å². The number of likely N-dealkylation sites (tertiary alicyclic amines) is 1. The Kier molecular flexibility index (Phi) is 3.85. The number of hydrogen-bond donors (Lipinski definition) is 1. The predicted molar refractivity (Wildman–Crippen MR) is 71.3 cm³/mol. The van der Waals surface area contributed by atoms with Crippen molar-refractivity contribution in [2.75, 3.05) is 6.54 Å². The lowest BCUT2D eigenvalue weighted by molar-refractivity contribution is -0.157. The third-order valence-corrected chi connectivity index (χ3v) is 3.72. The Morgan fingerprint density at radius 1 is 1.42 bits per heavy atom. The molecule has 5 nitrogen and oxygen atoms in total. The van der Waals surface area contributed by atoms with E-state index in [1.807, 2.05) is 25.7 Å². The number of hydrogen-bond acceptors (Lipinski definition) is 4. The van der Waals surface area contributed by atoms with E-state index in [0.717, 1.165) is 12.8 Å². The van der Waals surface area contributed by atoms with Gasteiger partial charge in [-0.2, -0.15) is 0 Å². The molecule has 1 aliphatic heterocycles. The normalized spacial score (nSPS) is 31.3. The summed E-state index contributed by atoms with van der Waals surface area (Å²) in [5.74, 6) is 0.373. The second kappa shape index (κ2) is 5.12. The zero-order valence-electron chi connectivity index (χ0n) is 12.0. The summed E-state index contributed by atoms with van der Waals surface area (Å²) >= 11 is 0. The molecular weight excluding hydrogens is 244 g/mol. The lowest BCUT2D eigenvalue weighted by atomic mass is 9.77. The Morgan fingerprint density at radius 3 is 2.53 bits per heavy atom. The number of nitrogens with zero attached hydrogens (tertiary/aromatic N) is 1. The molecule has 2 fully saturated rings. The van der Waals surface area contributed by atoms with E-state index < -0.39 is 5.60 Å². The molecule has 2 aliphatic rings. The van der Waals surface area contributed by atoms with Crippen LogP contribution in [0.4, 0.5) is 0 Å². The van der Waals surface area contributed by atoms with Crippen LogP contribution >= 0.6 is 0 Å². The number of rotatable bonds is 3. The van der Waals surface area contributed by atoms with E-state index in [1.54, 1.807) is 0 Å². The highest BCUT2D eigenvalue weighted by Gasteiger charge is 2.40. The van der Waals surface area contributed by atoms with Crippen LogP contribution in [0.2, 0.25) is 0 Å². The third-order valence-electron chi connectivity index (χ3n) is 3.72. The summed E-state index contributed by atoms with van der Waals surface area (Å²) in [5.41, 5.74) is 5.36. The van der Waals surface area contributed by atoms with Gasteiger partial charge in [0, 0.05) is 31.5 Å². The highest BCUT2D eigenvalue weighted by molar-refractivity contribution is 5.79. The Morgan fingerprint density at radius 2 is 2.05 bits per heavy atom. The van der Waals surface area contributed by atoms with Crippen LogP contribution in [0, 0.1) is 5.92 Å². The quantitative estimate of drug-likeness (QED) is 0.777. The van der Waals surface area contributed by atoms with Crippen molar-refractivity contribution in [2.24, 2.45) is 11.7 Å². The van der Waals surface area contributed by atoms with Crippen LogP contribution in [0.3, 0.4) is 0 Å². The van der Waals surface area contributed by atoms with Gasteiger partial charge in [-0.15, -0.1) is 0 Å². The summed E-state index contributed by atoms with van der Waals surface area (Å²) in [5, 5.41) is 0. The fourth-order valence-electron chi connectivity index (χ4n) is 2.85. The average Bonchev–Trinajstić information content (AvgIpc) is 2.47. The molecule has 1 atom stereocenters. The van der Waals surface area contributed by atoms with Gasteiger partial charge >= 0.3 is 5.97 Å². The van der Waals surface area contributed by atoms with Gasteiger partial charge in [-0.3, -0.25) is 9.59 Å². The van der Waals surface area contributed by atoms with Crippen LogP contribution in [-0.4, -0.2) is 41.0 Å². The molecule has 0 radical (unpaired) electrons. The SMILES string of the molecule is CC(C)(C)OC(=O)CC1CC(N2CC(N)CC2=O)C1. The van der Waals surface area contributed by atoms with Crippen molar-refractivity contribution in [3.63, 3.8) is 0 Å². The Hall–Kier alpha value is -1.10. The van der Waals surface area contributed by atoms with Crippen LogP contribution in [0.25, 0.3) is 0 Å². The van der Waals surface area contributed by atoms with E-state index in [1.165, 1.54) is 0 Å². The van der Waals surface area contributed by atoms with E-state index in [2.05, 4.69) is 0 Å². The molecule has 5 heteroatoms. The Bertz CT molecular complexity index is 369. The molecule has 1 unspecified atom stereocenters. The van der Waals surface area contributed by atoms with Crippen molar-refractivity contribution < 1.29 is 14.3 Å². The molecule has 0 aromatic heterocycles. The summed E-state index contributed by atoms with van der Waals surface area (Å²) in [6.45, 7) is 6.29. The van der Waals surface area contributed by atoms with E-state index in [0.29, 0.717) is 25.3 Å². The maximum Gasteiger partial charge on any atom is 0.306 e. The summed E-state index contributed by atoms with van der Waals surface area (Å²) in [4.78, 5) is 25.3. The molecule has 1 amide bonds. The molecule has 2 rings (SSSR count). The maximum atomic E-state index is 11.7. The van der Waals surface area contributed by atoms with Gasteiger partial charge in [0.1, 0.15) is 5.60 Å². The first kappa shape index (κ1) is 14.3. The zero-order valence-corrected chi connectivity index (χ0v) is 12.0. The van der Waals surface area contributed by atoms with Gasteiger partial charge in [0.15, 0.2) is 0 Å². The van der Waals surface area contributed by atoms with Crippen molar-refractivity contribution in [3.8, 4) is 0 Å². The number of carbonyl (C=O) groups excluding carboxylic acids is 2. The first-order valence-electron chi connectivity index (χ1n) is 7.01. The van der Waals surface area contributed by atoms with Gasteiger partial charge in [-0.25, -0.2) is 0 Å². The summed E-state index contributed by atoms with van der Waals surface area (Å²) in [6.07, 6.45) is 2.73. The fraction of sp³-hybridized carbons (Fsp3) is 0.857. The van der Waals surface area contributed by atoms with E-state index in [-0.39, 0.29) is 24.0 Å². The molecule has 2 N–H and O–H groups in total. The van der Waals surface area contributed by atoms with Gasteiger partial charge in [-0.1, -0.05) is 0 Å². The number of nitrogens with two attached hydrogens (primary N) is 1. The molecule has 1 aliphatic carbocycles. The molecule has 1 saturated carbocycles. The van der Waals surface area contributed by atoms with Gasteiger partial charge < -0.3 is 15.4 Å². The largest absolute Gasteiger partial charge is 0.460 e. The third kappa shape index (κ3) is 3.69. The minimum Gasteiger partial charge on any atom is -0.460 e. The minimum absolute atomic E-state index is 0.0163. The molecule has 0 spiro atoms. The molecule has 1 heterocycles. The molecule has 0 bridgehead atoms. The van der Waals surface area contributed by atoms with Crippen LogP contribution in [0.1, 0.15) is 46.5 Å². The lowest BCUT2D eigenvalue weighted by Gasteiger charge is -2.41. The second-order valence-corrected chi connectivity index (χ2v) is 6.79. The smallest absolute Gasteiger partial charge is 0.306 e. The number of amides is 1. The summed E-state index contributed by atoms with van der Waals surface area (Å²) < 4.78 is 5.30. The van der Waals surface area contributed by atoms with E-state index >= 15 is 0 Å². The molecule has 0 aromatic carbocycles. The zero-order chi connectivity index (χ0) is 14.2. The van der Waals surface area contributed by atoms with Gasteiger partial charge in [-0.05, 0) is 39.5 Å². The highest BCUT2D eigenvalue weighted by Crippen LogP contribution is 2.36. The summed E-state index contributed by atoms with van der Waals surface area (Å²) in [7, 11) is 0. The first-order valence-corrected chi connectivity index (χ1v) is 7.01. The lowest BCUT2D eigenvalue weighted by Crippen LogP contribution is -2.46.